The number of hydrogen-bond donors (Lipinski definition) is 3. The zero-order valence-electron chi connectivity index (χ0n) is 7.83. The number of halogens is 1. The van der Waals surface area contributed by atoms with Crippen LogP contribution >= 0.6 is 11.6 Å². The molecule has 7 heteroatoms. The molecule has 0 aliphatic rings. The lowest BCUT2D eigenvalue weighted by Gasteiger charge is -2.10. The molecule has 0 saturated carbocycles. The summed E-state index contributed by atoms with van der Waals surface area (Å²) in [7, 11) is 0. The number of nitrogens with one attached hydrogen (secondary N) is 2. The summed E-state index contributed by atoms with van der Waals surface area (Å²) in [5.74, 6) is -1.33. The summed E-state index contributed by atoms with van der Waals surface area (Å²) >= 11 is 5.39. The van der Waals surface area contributed by atoms with E-state index in [0.717, 1.165) is 0 Å². The minimum atomic E-state index is -0.839. The number of imide groups is 1. The van der Waals surface area contributed by atoms with Crippen molar-refractivity contribution < 1.29 is 14.4 Å². The van der Waals surface area contributed by atoms with E-state index in [1.165, 1.54) is 13.8 Å². The molecule has 0 bridgehead atoms. The fourth-order valence-electron chi connectivity index (χ4n) is 0.515. The third-order valence-corrected chi connectivity index (χ3v) is 1.57. The summed E-state index contributed by atoms with van der Waals surface area (Å²) in [5, 5.41) is 3.28. The highest BCUT2D eigenvalue weighted by molar-refractivity contribution is 6.31. The number of alkyl halides is 1. The molecule has 0 fully saturated rings. The number of primary amides is 1. The molecule has 80 valence electrons. The number of carbonyl (C=O) groups is 3. The number of urea groups is 1. The van der Waals surface area contributed by atoms with Crippen LogP contribution in [0.3, 0.4) is 0 Å². The van der Waals surface area contributed by atoms with Crippen molar-refractivity contribution in [2.24, 2.45) is 5.73 Å². The lowest BCUT2D eigenvalue weighted by molar-refractivity contribution is -0.121. The lowest BCUT2D eigenvalue weighted by atomic mass is 10.3. The molecule has 2 atom stereocenters. The standard InChI is InChI=1S/C7H12ClN3O3/c1-3(8)6(13)11-7(14)10-4(2)5(9)12/h3-4H,1-2H3,(H2,9,12)(H2,10,11,13,14). The molecule has 0 aliphatic heterocycles. The summed E-state index contributed by atoms with van der Waals surface area (Å²) in [5.41, 5.74) is 4.88. The maximum Gasteiger partial charge on any atom is 0.322 e. The number of nitrogens with two attached hydrogens (primary N) is 1. The van der Waals surface area contributed by atoms with E-state index in [9.17, 15) is 14.4 Å². The van der Waals surface area contributed by atoms with E-state index in [4.69, 9.17) is 17.3 Å². The van der Waals surface area contributed by atoms with Crippen LogP contribution in [0.1, 0.15) is 13.8 Å². The summed E-state index contributed by atoms with van der Waals surface area (Å²) < 4.78 is 0. The quantitative estimate of drug-likeness (QED) is 0.550. The van der Waals surface area contributed by atoms with Crippen molar-refractivity contribution in [1.29, 1.82) is 0 Å². The van der Waals surface area contributed by atoms with Gasteiger partial charge in [0.2, 0.25) is 11.8 Å². The highest BCUT2D eigenvalue weighted by Gasteiger charge is 2.16. The second-order valence-electron chi connectivity index (χ2n) is 2.70. The number of rotatable bonds is 3. The Hall–Kier alpha value is -1.30. The molecular formula is C7H12ClN3O3. The summed E-state index contributed by atoms with van der Waals surface area (Å²) in [6.45, 7) is 2.82. The van der Waals surface area contributed by atoms with Gasteiger partial charge in [0.05, 0.1) is 0 Å². The van der Waals surface area contributed by atoms with Crippen molar-refractivity contribution in [3.63, 3.8) is 0 Å². The Kier molecular flexibility index (Phi) is 4.93. The molecular weight excluding hydrogens is 210 g/mol. The first-order chi connectivity index (χ1) is 6.34. The maximum atomic E-state index is 11.0. The Morgan fingerprint density at radius 2 is 1.79 bits per heavy atom. The van der Waals surface area contributed by atoms with Gasteiger partial charge in [0.25, 0.3) is 0 Å². The number of amides is 4. The van der Waals surface area contributed by atoms with Crippen molar-refractivity contribution in [3.8, 4) is 0 Å². The van der Waals surface area contributed by atoms with Gasteiger partial charge in [-0.3, -0.25) is 14.9 Å². The van der Waals surface area contributed by atoms with E-state index in [-0.39, 0.29) is 0 Å². The van der Waals surface area contributed by atoms with Crippen LogP contribution in [-0.2, 0) is 9.59 Å². The topological polar surface area (TPSA) is 101 Å². The monoisotopic (exact) mass is 221 g/mol. The van der Waals surface area contributed by atoms with Crippen LogP contribution in [0.5, 0.6) is 0 Å². The van der Waals surface area contributed by atoms with E-state index >= 15 is 0 Å². The van der Waals surface area contributed by atoms with E-state index in [1.54, 1.807) is 0 Å². The fraction of sp³-hybridized carbons (Fsp3) is 0.571. The Morgan fingerprint density at radius 3 is 2.14 bits per heavy atom. The molecule has 0 heterocycles. The highest BCUT2D eigenvalue weighted by atomic mass is 35.5. The lowest BCUT2D eigenvalue weighted by Crippen LogP contribution is -2.49. The molecule has 0 aliphatic carbocycles. The molecule has 4 amide bonds. The zero-order chi connectivity index (χ0) is 11.3. The third kappa shape index (κ3) is 4.66. The van der Waals surface area contributed by atoms with Crippen LogP contribution in [0.4, 0.5) is 4.79 Å². The average Bonchev–Trinajstić information content (AvgIpc) is 2.03. The first kappa shape index (κ1) is 12.7. The molecule has 6 nitrogen and oxygen atoms in total. The largest absolute Gasteiger partial charge is 0.368 e. The van der Waals surface area contributed by atoms with Gasteiger partial charge < -0.3 is 11.1 Å². The number of carbonyl (C=O) groups excluding carboxylic acids is 3. The van der Waals surface area contributed by atoms with Crippen LogP contribution < -0.4 is 16.4 Å². The average molecular weight is 222 g/mol. The van der Waals surface area contributed by atoms with Crippen LogP contribution in [0.15, 0.2) is 0 Å². The molecule has 14 heavy (non-hydrogen) atoms. The van der Waals surface area contributed by atoms with Crippen LogP contribution in [0, 0.1) is 0 Å². The molecule has 2 unspecified atom stereocenters. The van der Waals surface area contributed by atoms with Crippen molar-refractivity contribution in [2.45, 2.75) is 25.3 Å². The van der Waals surface area contributed by atoms with Gasteiger partial charge >= 0.3 is 6.03 Å². The SMILES string of the molecule is CC(Cl)C(=O)NC(=O)NC(C)C(N)=O. The van der Waals surface area contributed by atoms with Crippen molar-refractivity contribution >= 4 is 29.4 Å². The van der Waals surface area contributed by atoms with Gasteiger partial charge in [-0.2, -0.15) is 0 Å². The molecule has 0 spiro atoms. The second kappa shape index (κ2) is 5.43. The Labute approximate surface area is 86.2 Å². The maximum absolute atomic E-state index is 11.0. The Balaban J connectivity index is 3.99. The van der Waals surface area contributed by atoms with Gasteiger partial charge in [0.1, 0.15) is 11.4 Å². The minimum absolute atomic E-state index is 0.638. The van der Waals surface area contributed by atoms with E-state index in [0.29, 0.717) is 0 Å². The smallest absolute Gasteiger partial charge is 0.322 e. The van der Waals surface area contributed by atoms with Gasteiger partial charge in [0, 0.05) is 0 Å². The molecule has 0 rings (SSSR count). The fourth-order valence-corrected chi connectivity index (χ4v) is 0.570. The Bertz CT molecular complexity index is 255. The molecule has 0 radical (unpaired) electrons. The van der Waals surface area contributed by atoms with E-state index in [2.05, 4.69) is 5.32 Å². The minimum Gasteiger partial charge on any atom is -0.368 e. The van der Waals surface area contributed by atoms with Crippen molar-refractivity contribution in [2.75, 3.05) is 0 Å². The van der Waals surface area contributed by atoms with Crippen LogP contribution in [0.2, 0.25) is 0 Å². The molecule has 0 aromatic carbocycles. The molecule has 0 aromatic heterocycles. The van der Waals surface area contributed by atoms with Gasteiger partial charge in [-0.05, 0) is 13.8 Å². The normalized spacial score (nSPS) is 13.9. The van der Waals surface area contributed by atoms with Gasteiger partial charge in [0.15, 0.2) is 0 Å². The Morgan fingerprint density at radius 1 is 1.29 bits per heavy atom. The van der Waals surface area contributed by atoms with Gasteiger partial charge in [-0.15, -0.1) is 11.6 Å². The highest BCUT2D eigenvalue weighted by Crippen LogP contribution is 1.91. The molecule has 0 saturated heterocycles. The zero-order valence-corrected chi connectivity index (χ0v) is 8.59. The second-order valence-corrected chi connectivity index (χ2v) is 3.36. The van der Waals surface area contributed by atoms with Crippen LogP contribution in [0.25, 0.3) is 0 Å². The summed E-state index contributed by atoms with van der Waals surface area (Å²) in [4.78, 5) is 32.4. The third-order valence-electron chi connectivity index (χ3n) is 1.37. The number of hydrogen-bond acceptors (Lipinski definition) is 3. The predicted molar refractivity (Wildman–Crippen MR) is 50.6 cm³/mol. The van der Waals surface area contributed by atoms with Crippen molar-refractivity contribution in [3.05, 3.63) is 0 Å². The first-order valence-corrected chi connectivity index (χ1v) is 4.33. The van der Waals surface area contributed by atoms with Crippen LogP contribution in [-0.4, -0.2) is 29.3 Å². The van der Waals surface area contributed by atoms with Gasteiger partial charge in [-0.1, -0.05) is 0 Å². The predicted octanol–water partition coefficient (Wildman–Crippen LogP) is -0.687. The van der Waals surface area contributed by atoms with E-state index in [1.807, 2.05) is 5.32 Å². The summed E-state index contributed by atoms with van der Waals surface area (Å²) in [6.07, 6.45) is 0. The van der Waals surface area contributed by atoms with Crippen molar-refractivity contribution in [1.82, 2.24) is 10.6 Å². The summed E-state index contributed by atoms with van der Waals surface area (Å²) in [6, 6.07) is -1.64. The first-order valence-electron chi connectivity index (χ1n) is 3.89. The molecule has 0 aromatic rings. The van der Waals surface area contributed by atoms with Gasteiger partial charge in [-0.25, -0.2) is 4.79 Å². The molecule has 4 N–H and O–H groups in total. The van der Waals surface area contributed by atoms with E-state index < -0.39 is 29.3 Å².